The van der Waals surface area contributed by atoms with Crippen LogP contribution in [0.2, 0.25) is 0 Å². The number of rotatable bonds is 4. The van der Waals surface area contributed by atoms with E-state index in [0.29, 0.717) is 23.7 Å². The minimum Gasteiger partial charge on any atom is -0.488 e. The smallest absolute Gasteiger partial charge is 0.260 e. The summed E-state index contributed by atoms with van der Waals surface area (Å²) in [6, 6.07) is 7.03. The van der Waals surface area contributed by atoms with E-state index in [1.54, 1.807) is 24.3 Å². The van der Waals surface area contributed by atoms with Crippen LogP contribution in [0.4, 0.5) is 0 Å². The Hall–Kier alpha value is -0.640. The number of hydrogen-bond donors (Lipinski definition) is 0. The molecule has 0 radical (unpaired) electrons. The van der Waals surface area contributed by atoms with Gasteiger partial charge in [0.1, 0.15) is 12.4 Å². The number of para-hydroxylation sites is 1. The quantitative estimate of drug-likeness (QED) is 0.481. The van der Waals surface area contributed by atoms with Gasteiger partial charge in [-0.05, 0) is 25.0 Å². The molecular weight excluding hydrogens is 309 g/mol. The highest BCUT2D eigenvalue weighted by molar-refractivity contribution is 6.49. The third-order valence-corrected chi connectivity index (χ3v) is 3.82. The van der Waals surface area contributed by atoms with E-state index in [9.17, 15) is 4.79 Å². The van der Waals surface area contributed by atoms with E-state index < -0.39 is 4.46 Å². The Morgan fingerprint density at radius 1 is 1.26 bits per heavy atom. The normalized spacial score (nSPS) is 17.6. The maximum atomic E-state index is 12.5. The Kier molecular flexibility index (Phi) is 4.82. The molecule has 0 spiro atoms. The van der Waals surface area contributed by atoms with Crippen LogP contribution in [0, 0.1) is 0 Å². The average Bonchev–Trinajstić information content (AvgIpc) is 2.49. The van der Waals surface area contributed by atoms with Crippen LogP contribution >= 0.6 is 34.8 Å². The molecule has 0 aliphatic carbocycles. The predicted molar refractivity (Wildman–Crippen MR) is 77.4 cm³/mol. The fourth-order valence-electron chi connectivity index (χ4n) is 1.94. The molecule has 0 fully saturated rings. The maximum absolute atomic E-state index is 12.5. The number of nitrogens with zero attached hydrogens (tertiary/aromatic N) is 1. The first-order valence-electron chi connectivity index (χ1n) is 6.04. The number of ether oxygens (including phenoxy) is 1. The zero-order chi connectivity index (χ0) is 13.9. The van der Waals surface area contributed by atoms with E-state index in [2.05, 4.69) is 0 Å². The topological polar surface area (TPSA) is 29.5 Å². The number of amides is 1. The fourth-order valence-corrected chi connectivity index (χ4v) is 2.56. The highest BCUT2D eigenvalue weighted by Gasteiger charge is 2.40. The molecular formula is C13H14Cl3NO2. The van der Waals surface area contributed by atoms with Crippen molar-refractivity contribution in [3.8, 4) is 5.75 Å². The number of halogens is 3. The largest absolute Gasteiger partial charge is 0.488 e. The van der Waals surface area contributed by atoms with Crippen molar-refractivity contribution in [2.45, 2.75) is 17.3 Å². The minimum atomic E-state index is -1.36. The highest BCUT2D eigenvalue weighted by atomic mass is 35.5. The van der Waals surface area contributed by atoms with Gasteiger partial charge < -0.3 is 9.64 Å². The molecule has 1 heterocycles. The van der Waals surface area contributed by atoms with Crippen molar-refractivity contribution in [3.63, 3.8) is 0 Å². The van der Waals surface area contributed by atoms with Crippen LogP contribution < -0.4 is 4.74 Å². The SMILES string of the molecule is O=C1c2ccccc2OCC(Cl)(Cl)N1CCCCCl. The zero-order valence-electron chi connectivity index (χ0n) is 10.2. The average molecular weight is 323 g/mol. The van der Waals surface area contributed by atoms with Crippen LogP contribution in [0.25, 0.3) is 0 Å². The van der Waals surface area contributed by atoms with Gasteiger partial charge in [-0.25, -0.2) is 0 Å². The summed E-state index contributed by atoms with van der Waals surface area (Å²) in [6.07, 6.45) is 1.55. The number of carbonyl (C=O) groups is 1. The lowest BCUT2D eigenvalue weighted by Crippen LogP contribution is -2.46. The monoisotopic (exact) mass is 321 g/mol. The van der Waals surface area contributed by atoms with Gasteiger partial charge in [-0.3, -0.25) is 4.79 Å². The Morgan fingerprint density at radius 2 is 2.00 bits per heavy atom. The second-order valence-corrected chi connectivity index (χ2v) is 6.13. The van der Waals surface area contributed by atoms with Crippen molar-refractivity contribution >= 4 is 40.7 Å². The van der Waals surface area contributed by atoms with E-state index >= 15 is 0 Å². The molecule has 0 bridgehead atoms. The number of alkyl halides is 3. The molecule has 0 saturated heterocycles. The second-order valence-electron chi connectivity index (χ2n) is 4.30. The van der Waals surface area contributed by atoms with Crippen LogP contribution in [0.15, 0.2) is 24.3 Å². The summed E-state index contributed by atoms with van der Waals surface area (Å²) in [5, 5.41) is 0. The lowest BCUT2D eigenvalue weighted by molar-refractivity contribution is 0.0689. The maximum Gasteiger partial charge on any atom is 0.260 e. The lowest BCUT2D eigenvalue weighted by atomic mass is 10.1. The molecule has 1 aliphatic rings. The first-order chi connectivity index (χ1) is 9.06. The predicted octanol–water partition coefficient (Wildman–Crippen LogP) is 3.67. The van der Waals surface area contributed by atoms with Crippen molar-refractivity contribution in [1.29, 1.82) is 0 Å². The Labute approximate surface area is 127 Å². The summed E-state index contributed by atoms with van der Waals surface area (Å²) < 4.78 is 4.16. The minimum absolute atomic E-state index is 0.0414. The van der Waals surface area contributed by atoms with Gasteiger partial charge in [0.15, 0.2) is 0 Å². The first kappa shape index (κ1) is 14.8. The van der Waals surface area contributed by atoms with E-state index in [4.69, 9.17) is 39.5 Å². The van der Waals surface area contributed by atoms with E-state index in [1.165, 1.54) is 4.90 Å². The second kappa shape index (κ2) is 6.21. The molecule has 0 atom stereocenters. The molecule has 0 aromatic heterocycles. The number of carbonyl (C=O) groups excluding carboxylic acids is 1. The number of hydrogen-bond acceptors (Lipinski definition) is 2. The zero-order valence-corrected chi connectivity index (χ0v) is 12.5. The van der Waals surface area contributed by atoms with Crippen LogP contribution in [-0.2, 0) is 0 Å². The molecule has 6 heteroatoms. The first-order valence-corrected chi connectivity index (χ1v) is 7.33. The number of unbranched alkanes of at least 4 members (excludes halogenated alkanes) is 1. The number of benzene rings is 1. The molecule has 0 saturated carbocycles. The van der Waals surface area contributed by atoms with Crippen molar-refractivity contribution in [1.82, 2.24) is 4.90 Å². The Balaban J connectivity index is 2.26. The van der Waals surface area contributed by atoms with E-state index in [0.717, 1.165) is 12.8 Å². The van der Waals surface area contributed by atoms with Gasteiger partial charge >= 0.3 is 0 Å². The summed E-state index contributed by atoms with van der Waals surface area (Å²) in [7, 11) is 0. The molecule has 0 N–H and O–H groups in total. The van der Waals surface area contributed by atoms with Gasteiger partial charge in [0.25, 0.3) is 5.91 Å². The summed E-state index contributed by atoms with van der Waals surface area (Å²) >= 11 is 18.1. The van der Waals surface area contributed by atoms with Crippen LogP contribution in [-0.4, -0.2) is 34.3 Å². The van der Waals surface area contributed by atoms with Crippen LogP contribution in [0.1, 0.15) is 23.2 Å². The summed E-state index contributed by atoms with van der Waals surface area (Å²) in [5.74, 6) is 0.845. The third-order valence-electron chi connectivity index (χ3n) is 2.92. The van der Waals surface area contributed by atoms with Gasteiger partial charge in [-0.2, -0.15) is 0 Å². The third kappa shape index (κ3) is 3.28. The van der Waals surface area contributed by atoms with Crippen molar-refractivity contribution in [2.24, 2.45) is 0 Å². The molecule has 104 valence electrons. The standard InChI is InChI=1S/C13H14Cl3NO2/c14-7-3-4-8-17-12(18)10-5-1-2-6-11(10)19-9-13(17,15)16/h1-2,5-6H,3-4,7-9H2. The van der Waals surface area contributed by atoms with Gasteiger partial charge in [0.05, 0.1) is 5.56 Å². The fraction of sp³-hybridized carbons (Fsp3) is 0.462. The molecule has 2 rings (SSSR count). The molecule has 0 unspecified atom stereocenters. The molecule has 19 heavy (non-hydrogen) atoms. The van der Waals surface area contributed by atoms with Crippen LogP contribution in [0.5, 0.6) is 5.75 Å². The molecule has 1 aliphatic heterocycles. The van der Waals surface area contributed by atoms with Gasteiger partial charge in [-0.1, -0.05) is 35.3 Å². The van der Waals surface area contributed by atoms with Crippen molar-refractivity contribution < 1.29 is 9.53 Å². The number of fused-ring (bicyclic) bond motifs is 1. The summed E-state index contributed by atoms with van der Waals surface area (Å²) in [6.45, 7) is 0.496. The van der Waals surface area contributed by atoms with Gasteiger partial charge in [0.2, 0.25) is 4.46 Å². The van der Waals surface area contributed by atoms with Gasteiger partial charge in [0, 0.05) is 12.4 Å². The highest BCUT2D eigenvalue weighted by Crippen LogP contribution is 2.34. The molecule has 1 aromatic rings. The summed E-state index contributed by atoms with van der Waals surface area (Å²) in [5.41, 5.74) is 0.483. The molecule has 1 aromatic carbocycles. The summed E-state index contributed by atoms with van der Waals surface area (Å²) in [4.78, 5) is 13.9. The van der Waals surface area contributed by atoms with Crippen LogP contribution in [0.3, 0.4) is 0 Å². The Bertz CT molecular complexity index is 465. The Morgan fingerprint density at radius 3 is 2.74 bits per heavy atom. The lowest BCUT2D eigenvalue weighted by Gasteiger charge is -2.31. The molecule has 1 amide bonds. The van der Waals surface area contributed by atoms with Crippen molar-refractivity contribution in [3.05, 3.63) is 29.8 Å². The van der Waals surface area contributed by atoms with Gasteiger partial charge in [-0.15, -0.1) is 11.6 Å². The van der Waals surface area contributed by atoms with E-state index in [1.807, 2.05) is 0 Å². The van der Waals surface area contributed by atoms with E-state index in [-0.39, 0.29) is 12.5 Å². The van der Waals surface area contributed by atoms with Crippen molar-refractivity contribution in [2.75, 3.05) is 19.0 Å². The molecule has 3 nitrogen and oxygen atoms in total.